The van der Waals surface area contributed by atoms with Crippen LogP contribution in [0.3, 0.4) is 0 Å². The zero-order valence-electron chi connectivity index (χ0n) is 11.0. The average Bonchev–Trinajstić information content (AvgIpc) is 2.48. The Morgan fingerprint density at radius 2 is 1.65 bits per heavy atom. The molecule has 0 radical (unpaired) electrons. The van der Waals surface area contributed by atoms with Crippen molar-refractivity contribution in [3.05, 3.63) is 59.2 Å². The standard InChI is InChI=1S/C15H13BrF2O2/c1-19-13-6-3-9(7-14(13)20-2)15(16)11-8-10(17)4-5-12(11)18/h3-8,15H,1-2H3. The van der Waals surface area contributed by atoms with Crippen molar-refractivity contribution in [2.45, 2.75) is 4.83 Å². The molecular formula is C15H13BrF2O2. The number of benzene rings is 2. The fourth-order valence-corrected chi connectivity index (χ4v) is 2.53. The first-order valence-electron chi connectivity index (χ1n) is 5.87. The number of methoxy groups -OCH3 is 2. The molecule has 2 rings (SSSR count). The van der Waals surface area contributed by atoms with Crippen LogP contribution in [0.15, 0.2) is 36.4 Å². The summed E-state index contributed by atoms with van der Waals surface area (Å²) in [5.74, 6) is 0.163. The third-order valence-electron chi connectivity index (χ3n) is 2.93. The molecule has 0 aliphatic heterocycles. The molecule has 0 bridgehead atoms. The predicted molar refractivity (Wildman–Crippen MR) is 76.7 cm³/mol. The van der Waals surface area contributed by atoms with Crippen LogP contribution in [0.2, 0.25) is 0 Å². The van der Waals surface area contributed by atoms with Crippen LogP contribution in [0.25, 0.3) is 0 Å². The zero-order valence-corrected chi connectivity index (χ0v) is 12.6. The number of hydrogen-bond donors (Lipinski definition) is 0. The van der Waals surface area contributed by atoms with Crippen molar-refractivity contribution in [2.75, 3.05) is 14.2 Å². The van der Waals surface area contributed by atoms with Crippen molar-refractivity contribution < 1.29 is 18.3 Å². The van der Waals surface area contributed by atoms with Crippen LogP contribution >= 0.6 is 15.9 Å². The minimum Gasteiger partial charge on any atom is -0.493 e. The molecule has 1 unspecified atom stereocenters. The van der Waals surface area contributed by atoms with Gasteiger partial charge in [-0.15, -0.1) is 0 Å². The van der Waals surface area contributed by atoms with E-state index in [0.29, 0.717) is 11.5 Å². The molecule has 0 aliphatic rings. The fraction of sp³-hybridized carbons (Fsp3) is 0.200. The van der Waals surface area contributed by atoms with E-state index < -0.39 is 16.5 Å². The monoisotopic (exact) mass is 342 g/mol. The molecule has 0 N–H and O–H groups in total. The highest BCUT2D eigenvalue weighted by molar-refractivity contribution is 9.09. The minimum absolute atomic E-state index is 0.234. The Balaban J connectivity index is 2.42. The van der Waals surface area contributed by atoms with Gasteiger partial charge in [-0.05, 0) is 35.9 Å². The summed E-state index contributed by atoms with van der Waals surface area (Å²) in [5.41, 5.74) is 0.976. The first kappa shape index (κ1) is 14.8. The van der Waals surface area contributed by atoms with E-state index in [2.05, 4.69) is 15.9 Å². The van der Waals surface area contributed by atoms with E-state index in [9.17, 15) is 8.78 Å². The fourth-order valence-electron chi connectivity index (χ4n) is 1.90. The van der Waals surface area contributed by atoms with Gasteiger partial charge in [0.2, 0.25) is 0 Å². The zero-order chi connectivity index (χ0) is 14.7. The maximum atomic E-state index is 13.8. The summed E-state index contributed by atoms with van der Waals surface area (Å²) >= 11 is 3.39. The molecular weight excluding hydrogens is 330 g/mol. The lowest BCUT2D eigenvalue weighted by molar-refractivity contribution is 0.354. The Bertz CT molecular complexity index is 617. The lowest BCUT2D eigenvalue weighted by Gasteiger charge is -2.14. The van der Waals surface area contributed by atoms with Gasteiger partial charge in [-0.3, -0.25) is 0 Å². The summed E-state index contributed by atoms with van der Waals surface area (Å²) in [4.78, 5) is -0.474. The maximum absolute atomic E-state index is 13.8. The van der Waals surface area contributed by atoms with Crippen LogP contribution in [0.4, 0.5) is 8.78 Å². The van der Waals surface area contributed by atoms with Crippen molar-refractivity contribution in [3.63, 3.8) is 0 Å². The second kappa shape index (κ2) is 6.22. The topological polar surface area (TPSA) is 18.5 Å². The Kier molecular flexibility index (Phi) is 4.60. The molecule has 0 heterocycles. The van der Waals surface area contributed by atoms with Crippen molar-refractivity contribution in [3.8, 4) is 11.5 Å². The average molecular weight is 343 g/mol. The molecule has 0 saturated heterocycles. The van der Waals surface area contributed by atoms with Gasteiger partial charge in [-0.25, -0.2) is 8.78 Å². The van der Waals surface area contributed by atoms with Crippen molar-refractivity contribution in [1.82, 2.24) is 0 Å². The van der Waals surface area contributed by atoms with Crippen LogP contribution in [-0.4, -0.2) is 14.2 Å². The number of ether oxygens (including phenoxy) is 2. The quantitative estimate of drug-likeness (QED) is 0.763. The molecule has 5 heteroatoms. The number of halogens is 3. The van der Waals surface area contributed by atoms with E-state index in [-0.39, 0.29) is 5.56 Å². The third-order valence-corrected chi connectivity index (χ3v) is 3.95. The molecule has 2 aromatic rings. The SMILES string of the molecule is COc1ccc(C(Br)c2cc(F)ccc2F)cc1OC. The molecule has 0 aromatic heterocycles. The Hall–Kier alpha value is -1.62. The first-order chi connectivity index (χ1) is 9.56. The predicted octanol–water partition coefficient (Wildman–Crippen LogP) is 4.47. The summed E-state index contributed by atoms with van der Waals surface area (Å²) in [6, 6.07) is 8.59. The van der Waals surface area contributed by atoms with E-state index in [1.54, 1.807) is 18.2 Å². The molecule has 0 aliphatic carbocycles. The van der Waals surface area contributed by atoms with Gasteiger partial charge in [-0.2, -0.15) is 0 Å². The van der Waals surface area contributed by atoms with Gasteiger partial charge in [0.05, 0.1) is 19.0 Å². The molecule has 0 saturated carbocycles. The van der Waals surface area contributed by atoms with Crippen molar-refractivity contribution >= 4 is 15.9 Å². The smallest absolute Gasteiger partial charge is 0.161 e. The molecule has 0 spiro atoms. The van der Waals surface area contributed by atoms with Crippen LogP contribution in [-0.2, 0) is 0 Å². The Morgan fingerprint density at radius 1 is 0.950 bits per heavy atom. The van der Waals surface area contributed by atoms with E-state index >= 15 is 0 Å². The maximum Gasteiger partial charge on any atom is 0.161 e. The van der Waals surface area contributed by atoms with Crippen LogP contribution in [0.5, 0.6) is 11.5 Å². The highest BCUT2D eigenvalue weighted by atomic mass is 79.9. The van der Waals surface area contributed by atoms with Gasteiger partial charge in [0, 0.05) is 5.56 Å². The minimum atomic E-state index is -0.480. The second-order valence-electron chi connectivity index (χ2n) is 4.14. The highest BCUT2D eigenvalue weighted by Crippen LogP contribution is 2.37. The van der Waals surface area contributed by atoms with E-state index in [0.717, 1.165) is 17.7 Å². The van der Waals surface area contributed by atoms with Crippen molar-refractivity contribution in [1.29, 1.82) is 0 Å². The third kappa shape index (κ3) is 2.93. The number of rotatable bonds is 4. The molecule has 1 atom stereocenters. The molecule has 20 heavy (non-hydrogen) atoms. The van der Waals surface area contributed by atoms with E-state index in [4.69, 9.17) is 9.47 Å². The van der Waals surface area contributed by atoms with Crippen LogP contribution in [0, 0.1) is 11.6 Å². The Labute approximate surface area is 124 Å². The summed E-state index contributed by atoms with van der Waals surface area (Å²) in [7, 11) is 3.06. The molecule has 106 valence electrons. The summed E-state index contributed by atoms with van der Waals surface area (Å²) in [6.07, 6.45) is 0. The molecule has 2 nitrogen and oxygen atoms in total. The van der Waals surface area contributed by atoms with Gasteiger partial charge in [0.25, 0.3) is 0 Å². The number of hydrogen-bond acceptors (Lipinski definition) is 2. The van der Waals surface area contributed by atoms with E-state index in [1.165, 1.54) is 20.3 Å². The second-order valence-corrected chi connectivity index (χ2v) is 5.06. The lowest BCUT2D eigenvalue weighted by Crippen LogP contribution is -1.99. The number of alkyl halides is 1. The molecule has 0 amide bonds. The lowest BCUT2D eigenvalue weighted by atomic mass is 10.0. The van der Waals surface area contributed by atoms with Crippen molar-refractivity contribution in [2.24, 2.45) is 0 Å². The normalized spacial score (nSPS) is 12.1. The van der Waals surface area contributed by atoms with Crippen LogP contribution in [0.1, 0.15) is 16.0 Å². The summed E-state index contributed by atoms with van der Waals surface area (Å²) < 4.78 is 37.4. The highest BCUT2D eigenvalue weighted by Gasteiger charge is 2.17. The molecule has 2 aromatic carbocycles. The Morgan fingerprint density at radius 3 is 2.30 bits per heavy atom. The van der Waals surface area contributed by atoms with Gasteiger partial charge in [-0.1, -0.05) is 22.0 Å². The van der Waals surface area contributed by atoms with Gasteiger partial charge in [0.15, 0.2) is 11.5 Å². The van der Waals surface area contributed by atoms with E-state index in [1.807, 2.05) is 0 Å². The van der Waals surface area contributed by atoms with Gasteiger partial charge < -0.3 is 9.47 Å². The summed E-state index contributed by atoms with van der Waals surface area (Å²) in [6.45, 7) is 0. The van der Waals surface area contributed by atoms with Crippen LogP contribution < -0.4 is 9.47 Å². The largest absolute Gasteiger partial charge is 0.493 e. The van der Waals surface area contributed by atoms with Gasteiger partial charge in [0.1, 0.15) is 11.6 Å². The molecule has 0 fully saturated rings. The summed E-state index contributed by atoms with van der Waals surface area (Å²) in [5, 5.41) is 0. The van der Waals surface area contributed by atoms with Gasteiger partial charge >= 0.3 is 0 Å². The first-order valence-corrected chi connectivity index (χ1v) is 6.79.